The summed E-state index contributed by atoms with van der Waals surface area (Å²) in [7, 11) is -3.56. The largest absolute Gasteiger partial charge is 0.481 e. The van der Waals surface area contributed by atoms with E-state index in [0.29, 0.717) is 16.9 Å². The molecule has 0 aromatic heterocycles. The van der Waals surface area contributed by atoms with Crippen LogP contribution in [0.25, 0.3) is 0 Å². The number of carbonyl (C=O) groups is 2. The van der Waals surface area contributed by atoms with Gasteiger partial charge in [-0.15, -0.1) is 0 Å². The normalized spacial score (nSPS) is 23.4. The number of carboxylic acids is 1. The summed E-state index contributed by atoms with van der Waals surface area (Å²) in [6.45, 7) is 5.16. The van der Waals surface area contributed by atoms with E-state index in [2.05, 4.69) is 0 Å². The van der Waals surface area contributed by atoms with Crippen LogP contribution in [0.15, 0.2) is 10.5 Å². The second kappa shape index (κ2) is 5.86. The lowest BCUT2D eigenvalue weighted by Crippen LogP contribution is -2.29. The molecule has 1 fully saturated rings. The fraction of sp³-hybridized carbons (Fsp3) is 0.692. The third-order valence-electron chi connectivity index (χ3n) is 3.57. The molecule has 6 heteroatoms. The van der Waals surface area contributed by atoms with Crippen molar-refractivity contribution in [1.29, 1.82) is 0 Å². The number of ketones is 1. The second-order valence-electron chi connectivity index (χ2n) is 5.11. The Bertz CT molecular complexity index is 511. The average molecular weight is 288 g/mol. The summed E-state index contributed by atoms with van der Waals surface area (Å²) in [6.07, 6.45) is 0.765. The molecule has 0 aliphatic heterocycles. The van der Waals surface area contributed by atoms with Crippen LogP contribution in [0.1, 0.15) is 40.0 Å². The van der Waals surface area contributed by atoms with Crippen molar-refractivity contribution in [3.8, 4) is 0 Å². The first-order valence-corrected chi connectivity index (χ1v) is 8.00. The van der Waals surface area contributed by atoms with Gasteiger partial charge in [0, 0.05) is 17.2 Å². The highest BCUT2D eigenvalue weighted by Gasteiger charge is 2.42. The van der Waals surface area contributed by atoms with Gasteiger partial charge in [-0.25, -0.2) is 8.42 Å². The number of carboxylic acid groups (broad SMARTS) is 1. The van der Waals surface area contributed by atoms with Gasteiger partial charge in [-0.1, -0.05) is 12.5 Å². The van der Waals surface area contributed by atoms with E-state index in [9.17, 15) is 18.0 Å². The van der Waals surface area contributed by atoms with Crippen molar-refractivity contribution in [2.75, 3.05) is 5.75 Å². The molecule has 5 nitrogen and oxygen atoms in total. The van der Waals surface area contributed by atoms with Gasteiger partial charge in [0.1, 0.15) is 5.78 Å². The van der Waals surface area contributed by atoms with Crippen molar-refractivity contribution in [1.82, 2.24) is 0 Å². The van der Waals surface area contributed by atoms with Crippen molar-refractivity contribution >= 4 is 21.6 Å². The molecule has 0 amide bonds. The Morgan fingerprint density at radius 2 is 1.95 bits per heavy atom. The summed E-state index contributed by atoms with van der Waals surface area (Å²) in [5.74, 6) is -3.47. The van der Waals surface area contributed by atoms with Gasteiger partial charge in [-0.05, 0) is 26.7 Å². The number of aliphatic carboxylic acids is 1. The summed E-state index contributed by atoms with van der Waals surface area (Å²) in [4.78, 5) is 23.1. The number of carbonyl (C=O) groups excluding carboxylic acids is 1. The molecule has 0 saturated heterocycles. The zero-order valence-electron chi connectivity index (χ0n) is 11.5. The number of allylic oxidation sites excluding steroid dienone is 2. The van der Waals surface area contributed by atoms with Crippen LogP contribution in [-0.4, -0.2) is 31.0 Å². The zero-order chi connectivity index (χ0) is 14.8. The highest BCUT2D eigenvalue weighted by Crippen LogP contribution is 2.32. The van der Waals surface area contributed by atoms with Crippen molar-refractivity contribution in [3.05, 3.63) is 10.5 Å². The molecule has 1 aliphatic carbocycles. The van der Waals surface area contributed by atoms with Crippen molar-refractivity contribution in [2.24, 2.45) is 11.8 Å². The molecule has 0 spiro atoms. The molecule has 2 unspecified atom stereocenters. The molecule has 0 bridgehead atoms. The van der Waals surface area contributed by atoms with Gasteiger partial charge in [0.05, 0.1) is 11.7 Å². The summed E-state index contributed by atoms with van der Waals surface area (Å²) in [6, 6.07) is 0. The SMILES string of the molecule is CCC(=C(C)C)S(=O)(=O)CC1C(=O)CCC1C(=O)O. The molecular formula is C13H20O5S. The van der Waals surface area contributed by atoms with Gasteiger partial charge in [0.25, 0.3) is 0 Å². The molecule has 2 atom stereocenters. The third kappa shape index (κ3) is 3.43. The van der Waals surface area contributed by atoms with Gasteiger partial charge >= 0.3 is 5.97 Å². The number of hydrogen-bond acceptors (Lipinski definition) is 4. The maximum Gasteiger partial charge on any atom is 0.307 e. The molecular weight excluding hydrogens is 268 g/mol. The minimum absolute atomic E-state index is 0.160. The molecule has 108 valence electrons. The summed E-state index contributed by atoms with van der Waals surface area (Å²) < 4.78 is 24.5. The molecule has 19 heavy (non-hydrogen) atoms. The van der Waals surface area contributed by atoms with Crippen molar-refractivity contribution < 1.29 is 23.1 Å². The minimum atomic E-state index is -3.56. The summed E-state index contributed by atoms with van der Waals surface area (Å²) in [5, 5.41) is 9.04. The predicted molar refractivity (Wildman–Crippen MR) is 71.3 cm³/mol. The van der Waals surface area contributed by atoms with E-state index in [1.54, 1.807) is 20.8 Å². The first kappa shape index (κ1) is 15.9. The fourth-order valence-electron chi connectivity index (χ4n) is 2.63. The average Bonchev–Trinajstić information content (AvgIpc) is 2.59. The lowest BCUT2D eigenvalue weighted by atomic mass is 9.98. The maximum atomic E-state index is 12.3. The van der Waals surface area contributed by atoms with Crippen LogP contribution in [0, 0.1) is 11.8 Å². The van der Waals surface area contributed by atoms with Crippen LogP contribution in [0.4, 0.5) is 0 Å². The van der Waals surface area contributed by atoms with Crippen LogP contribution in [0.2, 0.25) is 0 Å². The van der Waals surface area contributed by atoms with Crippen LogP contribution >= 0.6 is 0 Å². The van der Waals surface area contributed by atoms with Crippen LogP contribution in [0.3, 0.4) is 0 Å². The van der Waals surface area contributed by atoms with E-state index in [0.717, 1.165) is 0 Å². The monoisotopic (exact) mass is 288 g/mol. The minimum Gasteiger partial charge on any atom is -0.481 e. The molecule has 0 radical (unpaired) electrons. The van der Waals surface area contributed by atoms with Gasteiger partial charge in [-0.3, -0.25) is 9.59 Å². The van der Waals surface area contributed by atoms with E-state index in [1.165, 1.54) is 0 Å². The first-order valence-electron chi connectivity index (χ1n) is 6.35. The number of Topliss-reactive ketones (excluding diaryl/α,β-unsaturated/α-hetero) is 1. The third-order valence-corrected chi connectivity index (χ3v) is 5.82. The topological polar surface area (TPSA) is 88.5 Å². The fourth-order valence-corrected chi connectivity index (χ4v) is 4.79. The van der Waals surface area contributed by atoms with Gasteiger partial charge in [0.15, 0.2) is 9.84 Å². The van der Waals surface area contributed by atoms with Crippen LogP contribution < -0.4 is 0 Å². The molecule has 1 rings (SSSR count). The smallest absolute Gasteiger partial charge is 0.307 e. The molecule has 1 saturated carbocycles. The second-order valence-corrected chi connectivity index (χ2v) is 7.17. The molecule has 0 aromatic rings. The molecule has 1 aliphatic rings. The molecule has 0 aromatic carbocycles. The number of sulfone groups is 1. The van der Waals surface area contributed by atoms with E-state index >= 15 is 0 Å². The van der Waals surface area contributed by atoms with Gasteiger partial charge in [-0.2, -0.15) is 0 Å². The van der Waals surface area contributed by atoms with E-state index < -0.39 is 27.6 Å². The highest BCUT2D eigenvalue weighted by atomic mass is 32.2. The molecule has 1 N–H and O–H groups in total. The lowest BCUT2D eigenvalue weighted by Gasteiger charge is -2.16. The standard InChI is InChI=1S/C13H20O5S/c1-4-12(8(2)3)19(17,18)7-10-9(13(15)16)5-6-11(10)14/h9-10H,4-7H2,1-3H3,(H,15,16). The summed E-state index contributed by atoms with van der Waals surface area (Å²) >= 11 is 0. The lowest BCUT2D eigenvalue weighted by molar-refractivity contribution is -0.143. The Labute approximate surface area is 113 Å². The number of rotatable bonds is 5. The van der Waals surface area contributed by atoms with E-state index in [-0.39, 0.29) is 24.4 Å². The predicted octanol–water partition coefficient (Wildman–Crippen LogP) is 1.79. The Kier molecular flexibility index (Phi) is 4.90. The quantitative estimate of drug-likeness (QED) is 0.833. The Balaban J connectivity index is 3.04. The Morgan fingerprint density at radius 1 is 1.37 bits per heavy atom. The molecule has 0 heterocycles. The summed E-state index contributed by atoms with van der Waals surface area (Å²) in [5.41, 5.74) is 0.694. The number of hydrogen-bond donors (Lipinski definition) is 1. The van der Waals surface area contributed by atoms with E-state index in [4.69, 9.17) is 5.11 Å². The van der Waals surface area contributed by atoms with Crippen molar-refractivity contribution in [2.45, 2.75) is 40.0 Å². The van der Waals surface area contributed by atoms with Gasteiger partial charge < -0.3 is 5.11 Å². The van der Waals surface area contributed by atoms with Crippen molar-refractivity contribution in [3.63, 3.8) is 0 Å². The zero-order valence-corrected chi connectivity index (χ0v) is 12.3. The highest BCUT2D eigenvalue weighted by molar-refractivity contribution is 7.95. The van der Waals surface area contributed by atoms with E-state index in [1.807, 2.05) is 0 Å². The van der Waals surface area contributed by atoms with Crippen LogP contribution in [0.5, 0.6) is 0 Å². The maximum absolute atomic E-state index is 12.3. The Hall–Kier alpha value is -1.17. The first-order chi connectivity index (χ1) is 8.70. The van der Waals surface area contributed by atoms with Gasteiger partial charge in [0.2, 0.25) is 0 Å². The Morgan fingerprint density at radius 3 is 2.37 bits per heavy atom. The van der Waals surface area contributed by atoms with Crippen LogP contribution in [-0.2, 0) is 19.4 Å².